The van der Waals surface area contributed by atoms with Gasteiger partial charge < -0.3 is 5.73 Å². The van der Waals surface area contributed by atoms with Crippen molar-refractivity contribution in [2.75, 3.05) is 5.73 Å². The lowest BCUT2D eigenvalue weighted by molar-refractivity contribution is 0.631. The SMILES string of the molecule is Cc1ccc(F)c(-c2nc(N)cs2)c1. The number of anilines is 1. The largest absolute Gasteiger partial charge is 0.383 e. The van der Waals surface area contributed by atoms with Gasteiger partial charge in [0.15, 0.2) is 0 Å². The minimum Gasteiger partial charge on any atom is -0.383 e. The summed E-state index contributed by atoms with van der Waals surface area (Å²) >= 11 is 1.35. The molecule has 72 valence electrons. The number of rotatable bonds is 1. The van der Waals surface area contributed by atoms with Gasteiger partial charge in [0.05, 0.1) is 0 Å². The molecule has 4 heteroatoms. The Hall–Kier alpha value is -1.42. The first-order chi connectivity index (χ1) is 6.66. The number of thiazole rings is 1. The summed E-state index contributed by atoms with van der Waals surface area (Å²) in [4.78, 5) is 4.04. The summed E-state index contributed by atoms with van der Waals surface area (Å²) < 4.78 is 13.4. The van der Waals surface area contributed by atoms with Gasteiger partial charge in [-0.25, -0.2) is 9.37 Å². The molecule has 1 aromatic carbocycles. The molecule has 0 spiro atoms. The fraction of sp³-hybridized carbons (Fsp3) is 0.100. The highest BCUT2D eigenvalue weighted by Gasteiger charge is 2.08. The Morgan fingerprint density at radius 1 is 1.43 bits per heavy atom. The maximum absolute atomic E-state index is 13.4. The molecule has 0 atom stereocenters. The fourth-order valence-corrected chi connectivity index (χ4v) is 1.94. The number of nitrogens with zero attached hydrogens (tertiary/aromatic N) is 1. The fourth-order valence-electron chi connectivity index (χ4n) is 1.21. The zero-order chi connectivity index (χ0) is 10.1. The summed E-state index contributed by atoms with van der Waals surface area (Å²) in [7, 11) is 0. The normalized spacial score (nSPS) is 10.4. The molecule has 0 saturated carbocycles. The zero-order valence-corrected chi connectivity index (χ0v) is 8.44. The van der Waals surface area contributed by atoms with Gasteiger partial charge in [-0.15, -0.1) is 11.3 Å². The van der Waals surface area contributed by atoms with E-state index < -0.39 is 0 Å². The number of nitrogen functional groups attached to an aromatic ring is 1. The highest BCUT2D eigenvalue weighted by atomic mass is 32.1. The Balaban J connectivity index is 2.55. The maximum atomic E-state index is 13.4. The van der Waals surface area contributed by atoms with Crippen molar-refractivity contribution in [3.63, 3.8) is 0 Å². The summed E-state index contributed by atoms with van der Waals surface area (Å²) in [6, 6.07) is 4.95. The van der Waals surface area contributed by atoms with Crippen LogP contribution in [0.5, 0.6) is 0 Å². The van der Waals surface area contributed by atoms with E-state index in [9.17, 15) is 4.39 Å². The first-order valence-electron chi connectivity index (χ1n) is 4.14. The lowest BCUT2D eigenvalue weighted by Crippen LogP contribution is -1.87. The van der Waals surface area contributed by atoms with Crippen LogP contribution in [0.3, 0.4) is 0 Å². The predicted molar refractivity (Wildman–Crippen MR) is 56.7 cm³/mol. The van der Waals surface area contributed by atoms with E-state index in [4.69, 9.17) is 5.73 Å². The lowest BCUT2D eigenvalue weighted by Gasteiger charge is -1.99. The van der Waals surface area contributed by atoms with E-state index >= 15 is 0 Å². The van der Waals surface area contributed by atoms with Crippen molar-refractivity contribution < 1.29 is 4.39 Å². The Labute approximate surface area is 85.2 Å². The molecule has 2 N–H and O–H groups in total. The van der Waals surface area contributed by atoms with Gasteiger partial charge in [-0.1, -0.05) is 11.6 Å². The van der Waals surface area contributed by atoms with Crippen molar-refractivity contribution in [2.24, 2.45) is 0 Å². The van der Waals surface area contributed by atoms with Crippen molar-refractivity contribution in [2.45, 2.75) is 6.92 Å². The molecule has 0 unspecified atom stereocenters. The second kappa shape index (κ2) is 3.38. The predicted octanol–water partition coefficient (Wildman–Crippen LogP) is 2.84. The quantitative estimate of drug-likeness (QED) is 0.782. The summed E-state index contributed by atoms with van der Waals surface area (Å²) in [5.41, 5.74) is 7.01. The van der Waals surface area contributed by atoms with E-state index in [-0.39, 0.29) is 5.82 Å². The molecule has 2 aromatic rings. The van der Waals surface area contributed by atoms with Crippen LogP contribution in [0, 0.1) is 12.7 Å². The molecule has 2 rings (SSSR count). The summed E-state index contributed by atoms with van der Waals surface area (Å²) in [6.45, 7) is 1.92. The second-order valence-corrected chi connectivity index (χ2v) is 3.92. The van der Waals surface area contributed by atoms with Crippen LogP contribution in [0.25, 0.3) is 10.6 Å². The molecule has 1 heterocycles. The van der Waals surface area contributed by atoms with Gasteiger partial charge in [-0.2, -0.15) is 0 Å². The van der Waals surface area contributed by atoms with Crippen molar-refractivity contribution in [3.05, 3.63) is 35.0 Å². The van der Waals surface area contributed by atoms with E-state index in [2.05, 4.69) is 4.98 Å². The molecule has 0 saturated heterocycles. The highest BCUT2D eigenvalue weighted by molar-refractivity contribution is 7.13. The minimum absolute atomic E-state index is 0.259. The van der Waals surface area contributed by atoms with Crippen LogP contribution < -0.4 is 5.73 Å². The van der Waals surface area contributed by atoms with Gasteiger partial charge in [0, 0.05) is 10.9 Å². The maximum Gasteiger partial charge on any atom is 0.135 e. The van der Waals surface area contributed by atoms with E-state index in [0.29, 0.717) is 16.4 Å². The molecule has 0 aliphatic heterocycles. The molecule has 0 amide bonds. The van der Waals surface area contributed by atoms with Gasteiger partial charge in [-0.3, -0.25) is 0 Å². The zero-order valence-electron chi connectivity index (χ0n) is 7.62. The first kappa shape index (κ1) is 9.15. The monoisotopic (exact) mass is 208 g/mol. The first-order valence-corrected chi connectivity index (χ1v) is 5.02. The Morgan fingerprint density at radius 2 is 2.21 bits per heavy atom. The molecular weight excluding hydrogens is 199 g/mol. The molecule has 0 fully saturated rings. The Kier molecular flexibility index (Phi) is 2.21. The molecular formula is C10H9FN2S. The minimum atomic E-state index is -0.259. The number of halogens is 1. The molecule has 0 aliphatic rings. The van der Waals surface area contributed by atoms with E-state index in [0.717, 1.165) is 5.56 Å². The lowest BCUT2D eigenvalue weighted by atomic mass is 10.1. The van der Waals surface area contributed by atoms with E-state index in [1.807, 2.05) is 6.92 Å². The van der Waals surface area contributed by atoms with Gasteiger partial charge >= 0.3 is 0 Å². The summed E-state index contributed by atoms with van der Waals surface area (Å²) in [5, 5.41) is 2.33. The van der Waals surface area contributed by atoms with Gasteiger partial charge in [0.2, 0.25) is 0 Å². The molecule has 2 nitrogen and oxygen atoms in total. The Bertz CT molecular complexity index is 465. The van der Waals surface area contributed by atoms with E-state index in [1.54, 1.807) is 17.5 Å². The average molecular weight is 208 g/mol. The number of hydrogen-bond donors (Lipinski definition) is 1. The van der Waals surface area contributed by atoms with Crippen LogP contribution in [0.15, 0.2) is 23.6 Å². The molecule has 14 heavy (non-hydrogen) atoms. The standard InChI is InChI=1S/C10H9FN2S/c1-6-2-3-8(11)7(4-6)10-13-9(12)5-14-10/h2-5H,12H2,1H3. The van der Waals surface area contributed by atoms with Crippen molar-refractivity contribution >= 4 is 17.2 Å². The molecule has 0 aliphatic carbocycles. The summed E-state index contributed by atoms with van der Waals surface area (Å²) in [5.74, 6) is 0.177. The number of aryl methyl sites for hydroxylation is 1. The van der Waals surface area contributed by atoms with Crippen LogP contribution in [0.4, 0.5) is 10.2 Å². The topological polar surface area (TPSA) is 38.9 Å². The summed E-state index contributed by atoms with van der Waals surface area (Å²) in [6.07, 6.45) is 0. The highest BCUT2D eigenvalue weighted by Crippen LogP contribution is 2.27. The van der Waals surface area contributed by atoms with Crippen molar-refractivity contribution in [1.29, 1.82) is 0 Å². The average Bonchev–Trinajstić information content (AvgIpc) is 2.56. The number of benzene rings is 1. The third-order valence-corrected chi connectivity index (χ3v) is 2.77. The molecule has 0 radical (unpaired) electrons. The van der Waals surface area contributed by atoms with E-state index in [1.165, 1.54) is 17.4 Å². The number of aromatic nitrogens is 1. The van der Waals surface area contributed by atoms with Gasteiger partial charge in [0.25, 0.3) is 0 Å². The third-order valence-electron chi connectivity index (χ3n) is 1.87. The number of nitrogens with two attached hydrogens (primary N) is 1. The van der Waals surface area contributed by atoms with Crippen molar-refractivity contribution in [1.82, 2.24) is 4.98 Å². The van der Waals surface area contributed by atoms with Gasteiger partial charge in [-0.05, 0) is 19.1 Å². The number of hydrogen-bond acceptors (Lipinski definition) is 3. The molecule has 0 bridgehead atoms. The second-order valence-electron chi connectivity index (χ2n) is 3.06. The third kappa shape index (κ3) is 1.61. The van der Waals surface area contributed by atoms with Crippen LogP contribution in [0.1, 0.15) is 5.56 Å². The van der Waals surface area contributed by atoms with Crippen LogP contribution >= 0.6 is 11.3 Å². The van der Waals surface area contributed by atoms with Crippen LogP contribution in [-0.4, -0.2) is 4.98 Å². The van der Waals surface area contributed by atoms with Crippen LogP contribution in [-0.2, 0) is 0 Å². The van der Waals surface area contributed by atoms with Crippen molar-refractivity contribution in [3.8, 4) is 10.6 Å². The van der Waals surface area contributed by atoms with Gasteiger partial charge in [0.1, 0.15) is 16.6 Å². The van der Waals surface area contributed by atoms with Crippen LogP contribution in [0.2, 0.25) is 0 Å². The smallest absolute Gasteiger partial charge is 0.135 e. The molecule has 1 aromatic heterocycles. The Morgan fingerprint density at radius 3 is 2.86 bits per heavy atom.